The third kappa shape index (κ3) is 4.77. The third-order valence-electron chi connectivity index (χ3n) is 2.83. The first kappa shape index (κ1) is 15.2. The lowest BCUT2D eigenvalue weighted by atomic mass is 9.89. The second-order valence-electron chi connectivity index (χ2n) is 6.02. The van der Waals surface area contributed by atoms with Crippen molar-refractivity contribution in [3.8, 4) is 0 Å². The molecule has 1 aromatic rings. The molecule has 0 spiro atoms. The predicted molar refractivity (Wildman–Crippen MR) is 80.3 cm³/mol. The molecule has 100 valence electrons. The molecule has 0 N–H and O–H groups in total. The Morgan fingerprint density at radius 3 is 2.28 bits per heavy atom. The predicted octanol–water partition coefficient (Wildman–Crippen LogP) is 4.48. The van der Waals surface area contributed by atoms with Gasteiger partial charge in [0, 0.05) is 10.1 Å². The highest BCUT2D eigenvalue weighted by Gasteiger charge is 2.23. The molecule has 1 nitrogen and oxygen atoms in total. The molecular weight excluding hydrogens is 240 g/mol. The molecule has 2 atom stereocenters. The van der Waals surface area contributed by atoms with Crippen LogP contribution in [0, 0.1) is 12.3 Å². The number of hydrogen-bond donors (Lipinski definition) is 0. The van der Waals surface area contributed by atoms with E-state index in [0.29, 0.717) is 0 Å². The Kier molecular flexibility index (Phi) is 5.33. The Bertz CT molecular complexity index is 412. The molecule has 0 aliphatic carbocycles. The quantitative estimate of drug-likeness (QED) is 0.716. The molecule has 0 bridgehead atoms. The first-order valence-corrected chi connectivity index (χ1v) is 7.63. The summed E-state index contributed by atoms with van der Waals surface area (Å²) < 4.78 is 12.6. The van der Waals surface area contributed by atoms with Crippen LogP contribution in [0.15, 0.2) is 41.8 Å². The number of benzene rings is 1. The smallest absolute Gasteiger partial charge is 0.0564 e. The van der Waals surface area contributed by atoms with Gasteiger partial charge in [-0.3, -0.25) is 4.21 Å². The lowest BCUT2D eigenvalue weighted by molar-refractivity contribution is 0.369. The van der Waals surface area contributed by atoms with Crippen molar-refractivity contribution in [3.63, 3.8) is 0 Å². The summed E-state index contributed by atoms with van der Waals surface area (Å²) in [5, 5.41) is 0.158. The largest absolute Gasteiger partial charge is 0.254 e. The summed E-state index contributed by atoms with van der Waals surface area (Å²) in [6, 6.07) is 8.00. The van der Waals surface area contributed by atoms with Crippen LogP contribution in [-0.2, 0) is 10.8 Å². The van der Waals surface area contributed by atoms with Gasteiger partial charge < -0.3 is 0 Å². The minimum absolute atomic E-state index is 0.158. The van der Waals surface area contributed by atoms with Crippen molar-refractivity contribution in [2.24, 2.45) is 5.41 Å². The van der Waals surface area contributed by atoms with Gasteiger partial charge in [-0.2, -0.15) is 0 Å². The summed E-state index contributed by atoms with van der Waals surface area (Å²) in [4.78, 5) is 0.928. The second-order valence-corrected chi connectivity index (χ2v) is 7.75. The fourth-order valence-corrected chi connectivity index (χ4v) is 3.73. The molecule has 0 amide bonds. The van der Waals surface area contributed by atoms with Gasteiger partial charge in [0.25, 0.3) is 0 Å². The minimum atomic E-state index is -0.947. The summed E-state index contributed by atoms with van der Waals surface area (Å²) in [7, 11) is -0.947. The molecule has 1 unspecified atom stereocenters. The zero-order chi connectivity index (χ0) is 13.8. The lowest BCUT2D eigenvalue weighted by Gasteiger charge is -2.24. The lowest BCUT2D eigenvalue weighted by Crippen LogP contribution is -2.22. The summed E-state index contributed by atoms with van der Waals surface area (Å²) in [5.41, 5.74) is 1.39. The van der Waals surface area contributed by atoms with E-state index in [1.54, 1.807) is 0 Å². The van der Waals surface area contributed by atoms with E-state index in [2.05, 4.69) is 27.4 Å². The van der Waals surface area contributed by atoms with E-state index in [0.717, 1.165) is 17.7 Å². The van der Waals surface area contributed by atoms with Crippen molar-refractivity contribution in [3.05, 3.63) is 42.5 Å². The van der Waals surface area contributed by atoms with E-state index in [4.69, 9.17) is 0 Å². The highest BCUT2D eigenvalue weighted by atomic mass is 32.2. The van der Waals surface area contributed by atoms with Crippen LogP contribution < -0.4 is 0 Å². The van der Waals surface area contributed by atoms with Crippen molar-refractivity contribution in [1.29, 1.82) is 0 Å². The second kappa shape index (κ2) is 6.33. The van der Waals surface area contributed by atoms with Crippen LogP contribution in [0.4, 0.5) is 0 Å². The minimum Gasteiger partial charge on any atom is -0.254 e. The molecule has 0 saturated heterocycles. The average molecular weight is 264 g/mol. The Hall–Kier alpha value is -0.890. The SMILES string of the molecule is C=CC[C@@H](CC(C)(C)C)S(=O)c1ccc(C)cc1. The van der Waals surface area contributed by atoms with Crippen LogP contribution >= 0.6 is 0 Å². The fourth-order valence-electron chi connectivity index (χ4n) is 1.98. The molecule has 0 aliphatic heterocycles. The molecule has 18 heavy (non-hydrogen) atoms. The topological polar surface area (TPSA) is 17.1 Å². The number of hydrogen-bond acceptors (Lipinski definition) is 1. The van der Waals surface area contributed by atoms with Gasteiger partial charge in [0.15, 0.2) is 0 Å². The molecule has 0 heterocycles. The van der Waals surface area contributed by atoms with Crippen LogP contribution in [-0.4, -0.2) is 9.46 Å². The van der Waals surface area contributed by atoms with Crippen molar-refractivity contribution in [1.82, 2.24) is 0 Å². The first-order valence-electron chi connectivity index (χ1n) is 6.41. The molecule has 0 aliphatic rings. The Balaban J connectivity index is 2.88. The van der Waals surface area contributed by atoms with Crippen molar-refractivity contribution >= 4 is 10.8 Å². The van der Waals surface area contributed by atoms with Crippen LogP contribution in [0.1, 0.15) is 39.2 Å². The van der Waals surface area contributed by atoms with Crippen LogP contribution in [0.3, 0.4) is 0 Å². The maximum atomic E-state index is 12.6. The Labute approximate surface area is 114 Å². The number of allylic oxidation sites excluding steroid dienone is 1. The van der Waals surface area contributed by atoms with Gasteiger partial charge in [0.1, 0.15) is 0 Å². The first-order chi connectivity index (χ1) is 8.33. The number of aryl methyl sites for hydroxylation is 1. The summed E-state index contributed by atoms with van der Waals surface area (Å²) >= 11 is 0. The standard InChI is InChI=1S/C16H24OS/c1-6-7-15(12-16(3,4)5)18(17)14-10-8-13(2)9-11-14/h6,8-11,15H,1,7,12H2,2-5H3/t15-,18?/m0/s1. The maximum absolute atomic E-state index is 12.6. The van der Waals surface area contributed by atoms with Gasteiger partial charge in [-0.25, -0.2) is 0 Å². The van der Waals surface area contributed by atoms with Gasteiger partial charge in [-0.1, -0.05) is 44.5 Å². The monoisotopic (exact) mass is 264 g/mol. The van der Waals surface area contributed by atoms with Crippen molar-refractivity contribution in [2.75, 3.05) is 0 Å². The molecular formula is C16H24OS. The van der Waals surface area contributed by atoms with E-state index < -0.39 is 10.8 Å². The maximum Gasteiger partial charge on any atom is 0.0564 e. The van der Waals surface area contributed by atoms with E-state index >= 15 is 0 Å². The Morgan fingerprint density at radius 1 is 1.28 bits per heavy atom. The van der Waals surface area contributed by atoms with E-state index in [-0.39, 0.29) is 10.7 Å². The van der Waals surface area contributed by atoms with Gasteiger partial charge >= 0.3 is 0 Å². The van der Waals surface area contributed by atoms with E-state index in [1.807, 2.05) is 37.3 Å². The molecule has 1 rings (SSSR count). The van der Waals surface area contributed by atoms with Crippen LogP contribution in [0.25, 0.3) is 0 Å². The third-order valence-corrected chi connectivity index (χ3v) is 4.53. The van der Waals surface area contributed by atoms with Crippen LogP contribution in [0.2, 0.25) is 0 Å². The molecule has 0 radical (unpaired) electrons. The van der Waals surface area contributed by atoms with E-state index in [1.165, 1.54) is 5.56 Å². The molecule has 1 aromatic carbocycles. The fraction of sp³-hybridized carbons (Fsp3) is 0.500. The normalized spacial score (nSPS) is 15.1. The summed E-state index contributed by atoms with van der Waals surface area (Å²) in [6.45, 7) is 12.4. The van der Waals surface area contributed by atoms with Gasteiger partial charge in [0.05, 0.1) is 10.8 Å². The highest BCUT2D eigenvalue weighted by Crippen LogP contribution is 2.28. The average Bonchev–Trinajstić information content (AvgIpc) is 2.27. The molecule has 0 aromatic heterocycles. The molecule has 0 fully saturated rings. The van der Waals surface area contributed by atoms with Crippen molar-refractivity contribution in [2.45, 2.75) is 50.7 Å². The van der Waals surface area contributed by atoms with Gasteiger partial charge in [-0.15, -0.1) is 6.58 Å². The van der Waals surface area contributed by atoms with Crippen LogP contribution in [0.5, 0.6) is 0 Å². The van der Waals surface area contributed by atoms with E-state index in [9.17, 15) is 4.21 Å². The summed E-state index contributed by atoms with van der Waals surface area (Å²) in [5.74, 6) is 0. The molecule has 0 saturated carbocycles. The summed E-state index contributed by atoms with van der Waals surface area (Å²) in [6.07, 6.45) is 3.62. The zero-order valence-electron chi connectivity index (χ0n) is 11.9. The Morgan fingerprint density at radius 2 is 1.83 bits per heavy atom. The van der Waals surface area contributed by atoms with Gasteiger partial charge in [0.2, 0.25) is 0 Å². The number of rotatable bonds is 5. The van der Waals surface area contributed by atoms with Crippen molar-refractivity contribution < 1.29 is 4.21 Å². The zero-order valence-corrected chi connectivity index (χ0v) is 12.7. The van der Waals surface area contributed by atoms with Gasteiger partial charge in [-0.05, 0) is 37.3 Å². The molecule has 2 heteroatoms. The highest BCUT2D eigenvalue weighted by molar-refractivity contribution is 7.85.